The summed E-state index contributed by atoms with van der Waals surface area (Å²) in [7, 11) is 0. The van der Waals surface area contributed by atoms with Gasteiger partial charge in [0, 0.05) is 25.8 Å². The van der Waals surface area contributed by atoms with E-state index in [1.807, 2.05) is 25.1 Å². The zero-order chi connectivity index (χ0) is 17.2. The molecule has 7 heteroatoms. The van der Waals surface area contributed by atoms with E-state index in [1.165, 1.54) is 0 Å². The van der Waals surface area contributed by atoms with Gasteiger partial charge in [-0.2, -0.15) is 0 Å². The predicted octanol–water partition coefficient (Wildman–Crippen LogP) is 1.31. The van der Waals surface area contributed by atoms with E-state index in [0.717, 1.165) is 48.2 Å². The van der Waals surface area contributed by atoms with Crippen molar-refractivity contribution in [3.8, 4) is 11.5 Å². The van der Waals surface area contributed by atoms with Gasteiger partial charge in [-0.05, 0) is 24.6 Å². The molecule has 1 atom stereocenters. The van der Waals surface area contributed by atoms with Gasteiger partial charge >= 0.3 is 0 Å². The minimum atomic E-state index is -0.517. The fourth-order valence-electron chi connectivity index (χ4n) is 3.29. The van der Waals surface area contributed by atoms with E-state index in [-0.39, 0.29) is 6.79 Å². The first-order valence-electron chi connectivity index (χ1n) is 8.57. The number of rotatable bonds is 6. The monoisotopic (exact) mass is 345 g/mol. The standard InChI is InChI=1S/C18H23N3O4/c1-13-7-21-5-4-20(9-18(21)19-13)8-15(22)11-23-10-14-2-3-16-17(6-14)25-12-24-16/h2-3,6-7,15,22H,4-5,8-12H2,1H3. The van der Waals surface area contributed by atoms with Crippen molar-refractivity contribution >= 4 is 0 Å². The Hall–Kier alpha value is -2.09. The summed E-state index contributed by atoms with van der Waals surface area (Å²) in [6.45, 7) is 6.22. The van der Waals surface area contributed by atoms with Gasteiger partial charge in [0.1, 0.15) is 5.82 Å². The van der Waals surface area contributed by atoms with Crippen LogP contribution in [0.25, 0.3) is 0 Å². The Morgan fingerprint density at radius 3 is 3.08 bits per heavy atom. The fourth-order valence-corrected chi connectivity index (χ4v) is 3.29. The number of nitrogens with zero attached hydrogens (tertiary/aromatic N) is 3. The minimum absolute atomic E-state index is 0.270. The average Bonchev–Trinajstić information content (AvgIpc) is 3.19. The van der Waals surface area contributed by atoms with E-state index in [0.29, 0.717) is 19.8 Å². The Morgan fingerprint density at radius 1 is 1.28 bits per heavy atom. The molecule has 1 aromatic carbocycles. The number of imidazole rings is 1. The summed E-state index contributed by atoms with van der Waals surface area (Å²) in [4.78, 5) is 6.74. The molecule has 0 bridgehead atoms. The van der Waals surface area contributed by atoms with Crippen LogP contribution in [-0.4, -0.2) is 52.2 Å². The predicted molar refractivity (Wildman–Crippen MR) is 90.5 cm³/mol. The molecule has 3 heterocycles. The number of aliphatic hydroxyl groups is 1. The molecule has 0 saturated carbocycles. The molecule has 0 spiro atoms. The summed E-state index contributed by atoms with van der Waals surface area (Å²) in [5.74, 6) is 2.58. The van der Waals surface area contributed by atoms with Crippen molar-refractivity contribution in [2.75, 3.05) is 26.5 Å². The Bertz CT molecular complexity index is 746. The number of β-amino-alcohol motifs (C(OH)–C–C–N with tert-alkyl or cyclic N) is 1. The Morgan fingerprint density at radius 2 is 2.16 bits per heavy atom. The second-order valence-corrected chi connectivity index (χ2v) is 6.58. The van der Waals surface area contributed by atoms with Gasteiger partial charge in [0.15, 0.2) is 11.5 Å². The van der Waals surface area contributed by atoms with Crippen LogP contribution in [0.2, 0.25) is 0 Å². The summed E-state index contributed by atoms with van der Waals surface area (Å²) in [6, 6.07) is 5.75. The Balaban J connectivity index is 1.22. The SMILES string of the molecule is Cc1cn2c(n1)CN(CC(O)COCc1ccc3c(c1)OCO3)CC2. The second kappa shape index (κ2) is 7.03. The summed E-state index contributed by atoms with van der Waals surface area (Å²) in [5, 5.41) is 10.2. The van der Waals surface area contributed by atoms with Crippen LogP contribution in [-0.2, 0) is 24.4 Å². The van der Waals surface area contributed by atoms with Crippen LogP contribution < -0.4 is 9.47 Å². The van der Waals surface area contributed by atoms with Gasteiger partial charge in [0.25, 0.3) is 0 Å². The highest BCUT2D eigenvalue weighted by atomic mass is 16.7. The smallest absolute Gasteiger partial charge is 0.231 e. The van der Waals surface area contributed by atoms with Crippen LogP contribution in [0.5, 0.6) is 11.5 Å². The molecule has 1 aromatic heterocycles. The maximum Gasteiger partial charge on any atom is 0.231 e. The van der Waals surface area contributed by atoms with E-state index in [1.54, 1.807) is 0 Å². The molecule has 25 heavy (non-hydrogen) atoms. The number of ether oxygens (including phenoxy) is 3. The fraction of sp³-hybridized carbons (Fsp3) is 0.500. The van der Waals surface area contributed by atoms with Crippen LogP contribution >= 0.6 is 0 Å². The quantitative estimate of drug-likeness (QED) is 0.851. The molecule has 1 N–H and O–H groups in total. The molecule has 0 radical (unpaired) electrons. The first-order valence-corrected chi connectivity index (χ1v) is 8.57. The maximum absolute atomic E-state index is 10.2. The number of hydrogen-bond donors (Lipinski definition) is 1. The number of aliphatic hydroxyl groups excluding tert-OH is 1. The summed E-state index contributed by atoms with van der Waals surface area (Å²) >= 11 is 0. The number of benzene rings is 1. The van der Waals surface area contributed by atoms with Crippen molar-refractivity contribution in [3.05, 3.63) is 41.5 Å². The van der Waals surface area contributed by atoms with Crippen LogP contribution in [0.1, 0.15) is 17.1 Å². The van der Waals surface area contributed by atoms with E-state index >= 15 is 0 Å². The molecule has 1 unspecified atom stereocenters. The Labute approximate surface area is 146 Å². The molecule has 0 aliphatic carbocycles. The van der Waals surface area contributed by atoms with Gasteiger partial charge in [0.2, 0.25) is 6.79 Å². The normalized spacial score (nSPS) is 17.5. The lowest BCUT2D eigenvalue weighted by molar-refractivity contribution is 0.00539. The number of hydrogen-bond acceptors (Lipinski definition) is 6. The minimum Gasteiger partial charge on any atom is -0.454 e. The number of aryl methyl sites for hydroxylation is 1. The molecule has 0 amide bonds. The highest BCUT2D eigenvalue weighted by molar-refractivity contribution is 5.44. The van der Waals surface area contributed by atoms with Crippen molar-refractivity contribution in [1.29, 1.82) is 0 Å². The third-order valence-corrected chi connectivity index (χ3v) is 4.49. The van der Waals surface area contributed by atoms with Crippen molar-refractivity contribution in [2.45, 2.75) is 32.7 Å². The highest BCUT2D eigenvalue weighted by Gasteiger charge is 2.20. The van der Waals surface area contributed by atoms with Gasteiger partial charge in [-0.25, -0.2) is 4.98 Å². The zero-order valence-electron chi connectivity index (χ0n) is 14.4. The van der Waals surface area contributed by atoms with E-state index in [9.17, 15) is 5.11 Å². The maximum atomic E-state index is 10.2. The van der Waals surface area contributed by atoms with Crippen molar-refractivity contribution < 1.29 is 19.3 Å². The first kappa shape index (κ1) is 16.4. The highest BCUT2D eigenvalue weighted by Crippen LogP contribution is 2.32. The first-order chi connectivity index (χ1) is 12.2. The third-order valence-electron chi connectivity index (χ3n) is 4.49. The van der Waals surface area contributed by atoms with Crippen molar-refractivity contribution in [3.63, 3.8) is 0 Å². The second-order valence-electron chi connectivity index (χ2n) is 6.58. The van der Waals surface area contributed by atoms with E-state index < -0.39 is 6.10 Å². The largest absolute Gasteiger partial charge is 0.454 e. The van der Waals surface area contributed by atoms with Crippen LogP contribution in [0, 0.1) is 6.92 Å². The van der Waals surface area contributed by atoms with Gasteiger partial charge in [-0.15, -0.1) is 0 Å². The van der Waals surface area contributed by atoms with E-state index in [4.69, 9.17) is 14.2 Å². The molecule has 0 saturated heterocycles. The molecule has 2 aromatic rings. The lowest BCUT2D eigenvalue weighted by Gasteiger charge is -2.29. The molecule has 2 aliphatic rings. The topological polar surface area (TPSA) is 69.0 Å². The van der Waals surface area contributed by atoms with Gasteiger partial charge in [0.05, 0.1) is 31.6 Å². The lowest BCUT2D eigenvalue weighted by atomic mass is 10.2. The van der Waals surface area contributed by atoms with Crippen molar-refractivity contribution in [1.82, 2.24) is 14.5 Å². The Kier molecular flexibility index (Phi) is 4.61. The molecule has 134 valence electrons. The van der Waals surface area contributed by atoms with Gasteiger partial charge in [-0.1, -0.05) is 6.07 Å². The van der Waals surface area contributed by atoms with Crippen molar-refractivity contribution in [2.24, 2.45) is 0 Å². The lowest BCUT2D eigenvalue weighted by Crippen LogP contribution is -2.40. The molecule has 4 rings (SSSR count). The molecular weight excluding hydrogens is 322 g/mol. The zero-order valence-corrected chi connectivity index (χ0v) is 14.4. The van der Waals surface area contributed by atoms with Crippen LogP contribution in [0.15, 0.2) is 24.4 Å². The number of fused-ring (bicyclic) bond motifs is 2. The third kappa shape index (κ3) is 3.78. The van der Waals surface area contributed by atoms with Gasteiger partial charge in [-0.3, -0.25) is 4.90 Å². The number of aromatic nitrogens is 2. The van der Waals surface area contributed by atoms with E-state index in [2.05, 4.69) is 20.6 Å². The average molecular weight is 345 g/mol. The molecular formula is C18H23N3O4. The summed E-state index contributed by atoms with van der Waals surface area (Å²) in [5.41, 5.74) is 2.05. The summed E-state index contributed by atoms with van der Waals surface area (Å²) < 4.78 is 18.5. The molecule has 0 fully saturated rings. The van der Waals surface area contributed by atoms with Crippen LogP contribution in [0.3, 0.4) is 0 Å². The summed E-state index contributed by atoms with van der Waals surface area (Å²) in [6.07, 6.45) is 1.56. The van der Waals surface area contributed by atoms with Gasteiger partial charge < -0.3 is 23.9 Å². The molecule has 2 aliphatic heterocycles. The van der Waals surface area contributed by atoms with Crippen LogP contribution in [0.4, 0.5) is 0 Å². The molecule has 7 nitrogen and oxygen atoms in total.